The van der Waals surface area contributed by atoms with Crippen LogP contribution in [0.2, 0.25) is 5.02 Å². The highest BCUT2D eigenvalue weighted by Crippen LogP contribution is 2.24. The number of aromatic nitrogens is 2. The SMILES string of the molecule is CCOc1ccc(-c2cccc(NS(=O)(=O)c3ccc(Cl)cc3)c2)nn1. The molecule has 0 saturated carbocycles. The second-order valence-corrected chi connectivity index (χ2v) is 7.45. The van der Waals surface area contributed by atoms with Crippen molar-refractivity contribution >= 4 is 27.3 Å². The lowest BCUT2D eigenvalue weighted by Crippen LogP contribution is -2.12. The van der Waals surface area contributed by atoms with E-state index in [0.717, 1.165) is 5.56 Å². The Morgan fingerprint density at radius 1 is 1.04 bits per heavy atom. The summed E-state index contributed by atoms with van der Waals surface area (Å²) in [6, 6.07) is 16.4. The molecule has 26 heavy (non-hydrogen) atoms. The molecule has 8 heteroatoms. The van der Waals surface area contributed by atoms with Gasteiger partial charge in [-0.05, 0) is 49.4 Å². The van der Waals surface area contributed by atoms with Crippen LogP contribution in [0.5, 0.6) is 5.88 Å². The number of sulfonamides is 1. The molecule has 3 aromatic rings. The number of nitrogens with one attached hydrogen (secondary N) is 1. The van der Waals surface area contributed by atoms with Crippen LogP contribution in [0.3, 0.4) is 0 Å². The Balaban J connectivity index is 1.84. The number of benzene rings is 2. The topological polar surface area (TPSA) is 81.2 Å². The van der Waals surface area contributed by atoms with Crippen LogP contribution >= 0.6 is 11.6 Å². The number of ether oxygens (including phenoxy) is 1. The van der Waals surface area contributed by atoms with Gasteiger partial charge in [-0.15, -0.1) is 10.2 Å². The van der Waals surface area contributed by atoms with Crippen LogP contribution in [-0.4, -0.2) is 25.2 Å². The van der Waals surface area contributed by atoms with Crippen LogP contribution in [0.15, 0.2) is 65.6 Å². The van der Waals surface area contributed by atoms with Crippen molar-refractivity contribution in [1.82, 2.24) is 10.2 Å². The van der Waals surface area contributed by atoms with E-state index in [1.807, 2.05) is 13.0 Å². The van der Waals surface area contributed by atoms with E-state index in [4.69, 9.17) is 16.3 Å². The van der Waals surface area contributed by atoms with Gasteiger partial charge in [0.25, 0.3) is 10.0 Å². The summed E-state index contributed by atoms with van der Waals surface area (Å²) in [4.78, 5) is 0.133. The van der Waals surface area contributed by atoms with Crippen LogP contribution < -0.4 is 9.46 Å². The van der Waals surface area contributed by atoms with Gasteiger partial charge in [0.2, 0.25) is 5.88 Å². The Hall–Kier alpha value is -2.64. The second kappa shape index (κ2) is 7.72. The zero-order valence-electron chi connectivity index (χ0n) is 13.9. The number of hydrogen-bond acceptors (Lipinski definition) is 5. The molecule has 1 aromatic heterocycles. The van der Waals surface area contributed by atoms with Crippen molar-refractivity contribution in [3.8, 4) is 17.1 Å². The van der Waals surface area contributed by atoms with Crippen molar-refractivity contribution < 1.29 is 13.2 Å². The lowest BCUT2D eigenvalue weighted by atomic mass is 10.1. The molecular formula is C18H16ClN3O3S. The highest BCUT2D eigenvalue weighted by Gasteiger charge is 2.14. The minimum absolute atomic E-state index is 0.133. The third-order valence-electron chi connectivity index (χ3n) is 3.47. The molecule has 0 aliphatic carbocycles. The lowest BCUT2D eigenvalue weighted by molar-refractivity contribution is 0.323. The van der Waals surface area contributed by atoms with Gasteiger partial charge in [-0.3, -0.25) is 4.72 Å². The Kier molecular flexibility index (Phi) is 5.39. The highest BCUT2D eigenvalue weighted by molar-refractivity contribution is 7.92. The van der Waals surface area contributed by atoms with E-state index in [1.54, 1.807) is 30.3 Å². The number of rotatable bonds is 6. The predicted molar refractivity (Wildman–Crippen MR) is 101 cm³/mol. The first-order valence-electron chi connectivity index (χ1n) is 7.83. The third-order valence-corrected chi connectivity index (χ3v) is 5.12. The van der Waals surface area contributed by atoms with Gasteiger partial charge in [-0.2, -0.15) is 0 Å². The maximum Gasteiger partial charge on any atom is 0.261 e. The zero-order valence-corrected chi connectivity index (χ0v) is 15.5. The van der Waals surface area contributed by atoms with E-state index in [1.165, 1.54) is 24.3 Å². The van der Waals surface area contributed by atoms with Crippen molar-refractivity contribution in [1.29, 1.82) is 0 Å². The van der Waals surface area contributed by atoms with Crippen LogP contribution in [-0.2, 0) is 10.0 Å². The summed E-state index contributed by atoms with van der Waals surface area (Å²) >= 11 is 5.80. The van der Waals surface area contributed by atoms with E-state index in [9.17, 15) is 8.42 Å². The first-order chi connectivity index (χ1) is 12.5. The van der Waals surface area contributed by atoms with Crippen LogP contribution in [0, 0.1) is 0 Å². The molecule has 0 unspecified atom stereocenters. The van der Waals surface area contributed by atoms with E-state index in [-0.39, 0.29) is 4.90 Å². The molecule has 1 heterocycles. The minimum atomic E-state index is -3.71. The number of halogens is 1. The zero-order chi connectivity index (χ0) is 18.6. The molecule has 0 fully saturated rings. The smallest absolute Gasteiger partial charge is 0.261 e. The second-order valence-electron chi connectivity index (χ2n) is 5.33. The molecule has 0 aliphatic heterocycles. The Bertz CT molecular complexity index is 991. The van der Waals surface area contributed by atoms with Gasteiger partial charge < -0.3 is 4.74 Å². The van der Waals surface area contributed by atoms with Crippen molar-refractivity contribution in [2.75, 3.05) is 11.3 Å². The van der Waals surface area contributed by atoms with Gasteiger partial charge >= 0.3 is 0 Å². The molecule has 1 N–H and O–H groups in total. The highest BCUT2D eigenvalue weighted by atomic mass is 35.5. The van der Waals surface area contributed by atoms with Crippen LogP contribution in [0.1, 0.15) is 6.92 Å². The minimum Gasteiger partial charge on any atom is -0.477 e. The predicted octanol–water partition coefficient (Wildman–Crippen LogP) is 4.00. The summed E-state index contributed by atoms with van der Waals surface area (Å²) in [5.74, 6) is 0.441. The van der Waals surface area contributed by atoms with Gasteiger partial charge in [-0.1, -0.05) is 23.7 Å². The lowest BCUT2D eigenvalue weighted by Gasteiger charge is -2.10. The third kappa shape index (κ3) is 4.30. The van der Waals surface area contributed by atoms with Crippen LogP contribution in [0.4, 0.5) is 5.69 Å². The molecular weight excluding hydrogens is 374 g/mol. The molecule has 0 aliphatic rings. The monoisotopic (exact) mass is 389 g/mol. The Morgan fingerprint density at radius 3 is 2.46 bits per heavy atom. The molecule has 0 atom stereocenters. The summed E-state index contributed by atoms with van der Waals surface area (Å²) in [6.45, 7) is 2.38. The van der Waals surface area contributed by atoms with Crippen molar-refractivity contribution in [2.45, 2.75) is 11.8 Å². The maximum atomic E-state index is 12.5. The molecule has 2 aromatic carbocycles. The molecule has 0 bridgehead atoms. The normalized spacial score (nSPS) is 11.2. The maximum absolute atomic E-state index is 12.5. The van der Waals surface area contributed by atoms with Crippen LogP contribution in [0.25, 0.3) is 11.3 Å². The van der Waals surface area contributed by atoms with Gasteiger partial charge in [-0.25, -0.2) is 8.42 Å². The molecule has 6 nitrogen and oxygen atoms in total. The first-order valence-corrected chi connectivity index (χ1v) is 9.69. The molecule has 3 rings (SSSR count). The number of hydrogen-bond donors (Lipinski definition) is 1. The van der Waals surface area contributed by atoms with E-state index in [2.05, 4.69) is 14.9 Å². The fraction of sp³-hybridized carbons (Fsp3) is 0.111. The van der Waals surface area contributed by atoms with Crippen molar-refractivity contribution in [2.24, 2.45) is 0 Å². The summed E-state index contributed by atoms with van der Waals surface area (Å²) in [5, 5.41) is 8.56. The fourth-order valence-corrected chi connectivity index (χ4v) is 3.44. The summed E-state index contributed by atoms with van der Waals surface area (Å²) < 4.78 is 32.8. The summed E-state index contributed by atoms with van der Waals surface area (Å²) in [5.41, 5.74) is 1.77. The van der Waals surface area contributed by atoms with Gasteiger partial charge in [0.05, 0.1) is 17.2 Å². The summed E-state index contributed by atoms with van der Waals surface area (Å²) in [6.07, 6.45) is 0. The fourth-order valence-electron chi connectivity index (χ4n) is 2.27. The quantitative estimate of drug-likeness (QED) is 0.689. The average Bonchev–Trinajstić information content (AvgIpc) is 2.63. The molecule has 0 amide bonds. The molecule has 134 valence electrons. The Morgan fingerprint density at radius 2 is 1.81 bits per heavy atom. The molecule has 0 spiro atoms. The van der Waals surface area contributed by atoms with Gasteiger partial charge in [0, 0.05) is 22.3 Å². The number of anilines is 1. The van der Waals surface area contributed by atoms with Crippen molar-refractivity contribution in [3.05, 3.63) is 65.7 Å². The molecule has 0 saturated heterocycles. The van der Waals surface area contributed by atoms with E-state index in [0.29, 0.717) is 28.9 Å². The first kappa shape index (κ1) is 18.2. The average molecular weight is 390 g/mol. The molecule has 0 radical (unpaired) electrons. The summed E-state index contributed by atoms with van der Waals surface area (Å²) in [7, 11) is -3.71. The van der Waals surface area contributed by atoms with E-state index >= 15 is 0 Å². The van der Waals surface area contributed by atoms with Gasteiger partial charge in [0.15, 0.2) is 0 Å². The standard InChI is InChI=1S/C18H16ClN3O3S/c1-2-25-18-11-10-17(20-21-18)13-4-3-5-15(12-13)22-26(23,24)16-8-6-14(19)7-9-16/h3-12,22H,2H2,1H3. The van der Waals surface area contributed by atoms with E-state index < -0.39 is 10.0 Å². The number of nitrogens with zero attached hydrogens (tertiary/aromatic N) is 2. The Labute approximate surface area is 156 Å². The van der Waals surface area contributed by atoms with Crippen molar-refractivity contribution in [3.63, 3.8) is 0 Å². The van der Waals surface area contributed by atoms with Gasteiger partial charge in [0.1, 0.15) is 0 Å². The largest absolute Gasteiger partial charge is 0.477 e.